The molecule has 0 aliphatic heterocycles. The molecule has 0 bridgehead atoms. The summed E-state index contributed by atoms with van der Waals surface area (Å²) in [6.07, 6.45) is -10.2. The first kappa shape index (κ1) is 34.6. The van der Waals surface area contributed by atoms with Crippen LogP contribution >= 0.6 is 0 Å². The molecule has 6 rings (SSSR count). The van der Waals surface area contributed by atoms with Crippen molar-refractivity contribution >= 4 is 5.78 Å². The van der Waals surface area contributed by atoms with Crippen molar-refractivity contribution < 1.29 is 30.3 Å². The molecule has 50 heavy (non-hydrogen) atoms. The van der Waals surface area contributed by atoms with E-state index >= 15 is 0 Å². The van der Waals surface area contributed by atoms with Crippen molar-refractivity contribution in [3.63, 3.8) is 0 Å². The molecular weight excluding hydrogens is 624 g/mol. The molecule has 0 saturated heterocycles. The van der Waals surface area contributed by atoms with Gasteiger partial charge in [0.15, 0.2) is 5.78 Å². The summed E-state index contributed by atoms with van der Waals surface area (Å²) in [7, 11) is 0. The van der Waals surface area contributed by atoms with Gasteiger partial charge in [0.1, 0.15) is 30.5 Å². The summed E-state index contributed by atoms with van der Waals surface area (Å²) in [4.78, 5) is 14.2. The monoisotopic (exact) mass is 664 g/mol. The molecule has 0 saturated carbocycles. The highest BCUT2D eigenvalue weighted by Gasteiger charge is 2.53. The Morgan fingerprint density at radius 2 is 0.560 bits per heavy atom. The highest BCUT2D eigenvalue weighted by atomic mass is 16.4. The van der Waals surface area contributed by atoms with Crippen LogP contribution in [0.5, 0.6) is 0 Å². The van der Waals surface area contributed by atoms with E-state index in [0.717, 1.165) is 0 Å². The molecule has 252 valence electrons. The number of Topliss-reactive ketones (excluding diaryl/α,β-unsaturated/α-hetero) is 1. The fraction of sp³-hybridized carbons (Fsp3) is 0.159. The zero-order valence-corrected chi connectivity index (χ0v) is 27.4. The number of hydrogen-bond acceptors (Lipinski definition) is 6. The topological polar surface area (TPSA) is 118 Å². The Labute approximate surface area is 292 Å². The van der Waals surface area contributed by atoms with Gasteiger partial charge in [-0.2, -0.15) is 0 Å². The van der Waals surface area contributed by atoms with Crippen molar-refractivity contribution in [2.45, 2.75) is 41.3 Å². The maximum atomic E-state index is 14.2. The Balaban J connectivity index is 1.44. The molecule has 0 aliphatic rings. The third-order valence-corrected chi connectivity index (χ3v) is 9.79. The molecule has 6 nitrogen and oxygen atoms in total. The molecule has 5 N–H and O–H groups in total. The Hall–Kier alpha value is -5.21. The Morgan fingerprint density at radius 3 is 0.800 bits per heavy atom. The summed E-state index contributed by atoms with van der Waals surface area (Å²) < 4.78 is 0. The predicted octanol–water partition coefficient (Wildman–Crippen LogP) is 5.43. The largest absolute Gasteiger partial charge is 0.389 e. The molecule has 0 heterocycles. The van der Waals surface area contributed by atoms with Crippen LogP contribution in [0.4, 0.5) is 0 Å². The van der Waals surface area contributed by atoms with Crippen LogP contribution in [-0.4, -0.2) is 61.8 Å². The molecule has 0 radical (unpaired) electrons. The van der Waals surface area contributed by atoms with Crippen molar-refractivity contribution in [1.82, 2.24) is 0 Å². The maximum Gasteiger partial charge on any atom is 0.195 e. The van der Waals surface area contributed by atoms with Gasteiger partial charge in [0.25, 0.3) is 0 Å². The average molecular weight is 665 g/mol. The van der Waals surface area contributed by atoms with Crippen LogP contribution in [0.15, 0.2) is 182 Å². The van der Waals surface area contributed by atoms with Crippen molar-refractivity contribution in [2.24, 2.45) is 0 Å². The number of hydrogen-bond donors (Lipinski definition) is 5. The summed E-state index contributed by atoms with van der Waals surface area (Å²) in [5.41, 5.74) is 0.718. The lowest BCUT2D eigenvalue weighted by Gasteiger charge is -2.44. The first-order chi connectivity index (χ1) is 24.3. The van der Waals surface area contributed by atoms with Crippen molar-refractivity contribution in [2.75, 3.05) is 0 Å². The van der Waals surface area contributed by atoms with Crippen molar-refractivity contribution in [3.8, 4) is 0 Å². The van der Waals surface area contributed by atoms with E-state index in [1.165, 1.54) is 0 Å². The Kier molecular flexibility index (Phi) is 10.5. The van der Waals surface area contributed by atoms with Gasteiger partial charge in [-0.05, 0) is 33.4 Å². The number of ketones is 1. The molecule has 0 spiro atoms. The molecule has 2 unspecified atom stereocenters. The normalized spacial score (nSPS) is 15.0. The summed E-state index contributed by atoms with van der Waals surface area (Å²) >= 11 is 0. The van der Waals surface area contributed by atoms with Crippen LogP contribution in [0.25, 0.3) is 0 Å². The van der Waals surface area contributed by atoms with Crippen molar-refractivity contribution in [3.05, 3.63) is 215 Å². The zero-order chi connectivity index (χ0) is 35.1. The van der Waals surface area contributed by atoms with E-state index in [1.807, 2.05) is 182 Å². The second-order valence-electron chi connectivity index (χ2n) is 12.5. The predicted molar refractivity (Wildman–Crippen MR) is 193 cm³/mol. The van der Waals surface area contributed by atoms with Gasteiger partial charge in [-0.3, -0.25) is 4.79 Å². The highest BCUT2D eigenvalue weighted by Crippen LogP contribution is 2.45. The van der Waals surface area contributed by atoms with Gasteiger partial charge in [-0.15, -0.1) is 0 Å². The van der Waals surface area contributed by atoms with Crippen LogP contribution in [-0.2, 0) is 15.6 Å². The molecule has 0 aromatic heterocycles. The molecule has 0 fully saturated rings. The van der Waals surface area contributed by atoms with Crippen LogP contribution in [0.3, 0.4) is 0 Å². The van der Waals surface area contributed by atoms with Crippen LogP contribution in [0, 0.1) is 0 Å². The van der Waals surface area contributed by atoms with E-state index in [1.54, 1.807) is 0 Å². The molecule has 6 aromatic rings. The number of aliphatic hydroxyl groups excluding tert-OH is 5. The van der Waals surface area contributed by atoms with Crippen LogP contribution < -0.4 is 0 Å². The first-order valence-corrected chi connectivity index (χ1v) is 16.6. The Morgan fingerprint density at radius 1 is 0.340 bits per heavy atom. The van der Waals surface area contributed by atoms with E-state index in [2.05, 4.69) is 0 Å². The minimum atomic E-state index is -2.29. The molecule has 0 aliphatic carbocycles. The van der Waals surface area contributed by atoms with Gasteiger partial charge in [-0.1, -0.05) is 182 Å². The van der Waals surface area contributed by atoms with Crippen LogP contribution in [0.1, 0.15) is 33.4 Å². The number of benzene rings is 6. The summed E-state index contributed by atoms with van der Waals surface area (Å²) in [5, 5.41) is 59.9. The quantitative estimate of drug-likeness (QED) is 0.105. The first-order valence-electron chi connectivity index (χ1n) is 16.6. The van der Waals surface area contributed by atoms with E-state index < -0.39 is 47.1 Å². The second kappa shape index (κ2) is 15.1. The summed E-state index contributed by atoms with van der Waals surface area (Å²) in [6.45, 7) is 0. The molecule has 0 amide bonds. The van der Waals surface area contributed by atoms with E-state index in [9.17, 15) is 30.3 Å². The van der Waals surface area contributed by atoms with Crippen LogP contribution in [0.2, 0.25) is 0 Å². The minimum Gasteiger partial charge on any atom is -0.389 e. The minimum absolute atomic E-state index is 0.600. The average Bonchev–Trinajstić information content (AvgIpc) is 3.19. The van der Waals surface area contributed by atoms with E-state index in [4.69, 9.17) is 0 Å². The fourth-order valence-corrected chi connectivity index (χ4v) is 7.40. The third-order valence-electron chi connectivity index (χ3n) is 9.79. The van der Waals surface area contributed by atoms with Crippen molar-refractivity contribution in [1.29, 1.82) is 0 Å². The third kappa shape index (κ3) is 6.09. The standard InChI is InChI=1S/C44H40O6/c45-37(39(47)41(49)43(31-19-7-1-8-20-31,32-21-9-2-10-22-32)33-23-11-3-12-24-33)38(46)40(48)42(50)44(34-25-13-4-14-26-34,35-27-15-5-16-28-35)36-29-17-6-18-30-36/h1-30,37,39-42,45,47-50H/t37-,39-,40+,41?,42?/m0/s1. The molecular formula is C44H40O6. The van der Waals surface area contributed by atoms with Gasteiger partial charge in [0.2, 0.25) is 0 Å². The van der Waals surface area contributed by atoms with E-state index in [0.29, 0.717) is 33.4 Å². The lowest BCUT2D eigenvalue weighted by Crippen LogP contribution is -2.58. The SMILES string of the molecule is O=C([C@@H](O)C(O)C(c1ccccc1)(c1ccccc1)c1ccccc1)[C@H](O)[C@H](O)C(O)C(c1ccccc1)(c1ccccc1)c1ccccc1. The number of carbonyl (C=O) groups excluding carboxylic acids is 1. The molecule has 6 heteroatoms. The fourth-order valence-electron chi connectivity index (χ4n) is 7.40. The lowest BCUT2D eigenvalue weighted by molar-refractivity contribution is -0.155. The Bertz CT molecular complexity index is 1740. The van der Waals surface area contributed by atoms with Gasteiger partial charge < -0.3 is 25.5 Å². The van der Waals surface area contributed by atoms with Gasteiger partial charge >= 0.3 is 0 Å². The zero-order valence-electron chi connectivity index (χ0n) is 27.4. The summed E-state index contributed by atoms with van der Waals surface area (Å²) in [6, 6.07) is 54.5. The number of aliphatic hydroxyl groups is 5. The second-order valence-corrected chi connectivity index (χ2v) is 12.5. The maximum absolute atomic E-state index is 14.2. The van der Waals surface area contributed by atoms with Gasteiger partial charge in [-0.25, -0.2) is 0 Å². The smallest absolute Gasteiger partial charge is 0.195 e. The van der Waals surface area contributed by atoms with Gasteiger partial charge in [0.05, 0.1) is 10.8 Å². The highest BCUT2D eigenvalue weighted by molar-refractivity contribution is 5.89. The summed E-state index contributed by atoms with van der Waals surface area (Å²) in [5.74, 6) is -1.24. The lowest BCUT2D eigenvalue weighted by atomic mass is 9.63. The van der Waals surface area contributed by atoms with Gasteiger partial charge in [0, 0.05) is 0 Å². The molecule has 5 atom stereocenters. The number of rotatable bonds is 13. The number of carbonyl (C=O) groups is 1. The van der Waals surface area contributed by atoms with E-state index in [-0.39, 0.29) is 0 Å². The molecule has 6 aromatic carbocycles.